The summed E-state index contributed by atoms with van der Waals surface area (Å²) in [6.45, 7) is 2.80. The lowest BCUT2D eigenvalue weighted by Gasteiger charge is -2.07. The summed E-state index contributed by atoms with van der Waals surface area (Å²) < 4.78 is 28.8. The van der Waals surface area contributed by atoms with Gasteiger partial charge in [-0.25, -0.2) is 13.8 Å². The molecule has 2 aromatic rings. The lowest BCUT2D eigenvalue weighted by atomic mass is 10.1. The van der Waals surface area contributed by atoms with Gasteiger partial charge in [0.2, 0.25) is 0 Å². The van der Waals surface area contributed by atoms with Gasteiger partial charge in [0.15, 0.2) is 0 Å². The standard InChI is InChI=1S/C15H16F2N2O/c1-2-7-19-8-6-18-15(19)10-11(20)9-12-13(16)4-3-5-14(12)17/h3-6,8H,2,7,9-10H2,1H3. The van der Waals surface area contributed by atoms with Crippen LogP contribution in [0.15, 0.2) is 30.6 Å². The number of hydrogen-bond acceptors (Lipinski definition) is 2. The van der Waals surface area contributed by atoms with Crippen LogP contribution in [-0.2, 0) is 24.2 Å². The fourth-order valence-corrected chi connectivity index (χ4v) is 2.09. The molecule has 0 atom stereocenters. The van der Waals surface area contributed by atoms with E-state index >= 15 is 0 Å². The van der Waals surface area contributed by atoms with Crippen LogP contribution in [0.5, 0.6) is 0 Å². The molecule has 0 aliphatic rings. The van der Waals surface area contributed by atoms with Gasteiger partial charge in [-0.05, 0) is 18.6 Å². The summed E-state index contributed by atoms with van der Waals surface area (Å²) in [6.07, 6.45) is 4.19. The van der Waals surface area contributed by atoms with Crippen LogP contribution < -0.4 is 0 Å². The fourth-order valence-electron chi connectivity index (χ4n) is 2.09. The number of aryl methyl sites for hydroxylation is 1. The smallest absolute Gasteiger partial charge is 0.144 e. The molecule has 1 aromatic heterocycles. The van der Waals surface area contributed by atoms with Crippen LogP contribution in [0.4, 0.5) is 8.78 Å². The average Bonchev–Trinajstić information content (AvgIpc) is 2.82. The third-order valence-corrected chi connectivity index (χ3v) is 3.06. The lowest BCUT2D eigenvalue weighted by Crippen LogP contribution is -2.13. The number of rotatable bonds is 6. The van der Waals surface area contributed by atoms with Crippen LogP contribution in [0.1, 0.15) is 24.7 Å². The summed E-state index contributed by atoms with van der Waals surface area (Å²) in [4.78, 5) is 16.1. The van der Waals surface area contributed by atoms with Gasteiger partial charge >= 0.3 is 0 Å². The second-order valence-electron chi connectivity index (χ2n) is 4.63. The van der Waals surface area contributed by atoms with Crippen molar-refractivity contribution in [2.24, 2.45) is 0 Å². The van der Waals surface area contributed by atoms with Crippen molar-refractivity contribution in [2.45, 2.75) is 32.7 Å². The number of aromatic nitrogens is 2. The molecule has 0 fully saturated rings. The number of benzene rings is 1. The molecule has 3 nitrogen and oxygen atoms in total. The molecule has 0 saturated heterocycles. The van der Waals surface area contributed by atoms with E-state index in [1.165, 1.54) is 6.07 Å². The van der Waals surface area contributed by atoms with E-state index in [-0.39, 0.29) is 24.2 Å². The second-order valence-corrected chi connectivity index (χ2v) is 4.63. The Morgan fingerprint density at radius 2 is 1.95 bits per heavy atom. The first-order chi connectivity index (χ1) is 9.61. The third-order valence-electron chi connectivity index (χ3n) is 3.06. The highest BCUT2D eigenvalue weighted by Gasteiger charge is 2.15. The number of Topliss-reactive ketones (excluding diaryl/α,β-unsaturated/α-hetero) is 1. The highest BCUT2D eigenvalue weighted by atomic mass is 19.1. The molecule has 0 spiro atoms. The summed E-state index contributed by atoms with van der Waals surface area (Å²) in [5, 5.41) is 0. The molecule has 1 heterocycles. The molecular weight excluding hydrogens is 262 g/mol. The van der Waals surface area contributed by atoms with Crippen molar-refractivity contribution in [3.05, 3.63) is 53.6 Å². The van der Waals surface area contributed by atoms with Crippen molar-refractivity contribution in [2.75, 3.05) is 0 Å². The minimum atomic E-state index is -0.685. The fraction of sp³-hybridized carbons (Fsp3) is 0.333. The summed E-state index contributed by atoms with van der Waals surface area (Å²) >= 11 is 0. The molecule has 1 aromatic carbocycles. The van der Waals surface area contributed by atoms with Gasteiger partial charge in [-0.3, -0.25) is 4.79 Å². The molecule has 106 valence electrons. The summed E-state index contributed by atoms with van der Waals surface area (Å²) in [7, 11) is 0. The Hall–Kier alpha value is -2.04. The summed E-state index contributed by atoms with van der Waals surface area (Å²) in [6, 6.07) is 3.60. The van der Waals surface area contributed by atoms with Crippen molar-refractivity contribution >= 4 is 5.78 Å². The van der Waals surface area contributed by atoms with Crippen molar-refractivity contribution in [1.82, 2.24) is 9.55 Å². The summed E-state index contributed by atoms with van der Waals surface area (Å²) in [5.41, 5.74) is -0.175. The largest absolute Gasteiger partial charge is 0.335 e. The molecule has 0 amide bonds. The topological polar surface area (TPSA) is 34.9 Å². The predicted octanol–water partition coefficient (Wildman–Crippen LogP) is 2.93. The molecule has 0 radical (unpaired) electrons. The van der Waals surface area contributed by atoms with Crippen molar-refractivity contribution in [3.8, 4) is 0 Å². The molecule has 0 aliphatic carbocycles. The Kier molecular flexibility index (Phi) is 4.61. The monoisotopic (exact) mass is 278 g/mol. The number of hydrogen-bond donors (Lipinski definition) is 0. The Labute approximate surface area is 116 Å². The van der Waals surface area contributed by atoms with Crippen LogP contribution in [-0.4, -0.2) is 15.3 Å². The Balaban J connectivity index is 2.07. The Morgan fingerprint density at radius 1 is 1.25 bits per heavy atom. The minimum Gasteiger partial charge on any atom is -0.335 e. The lowest BCUT2D eigenvalue weighted by molar-refractivity contribution is -0.118. The molecule has 0 bridgehead atoms. The highest BCUT2D eigenvalue weighted by Crippen LogP contribution is 2.14. The molecule has 0 unspecified atom stereocenters. The maximum absolute atomic E-state index is 13.5. The summed E-state index contributed by atoms with van der Waals surface area (Å²) in [5.74, 6) is -0.989. The third kappa shape index (κ3) is 3.29. The number of ketones is 1. The molecule has 20 heavy (non-hydrogen) atoms. The second kappa shape index (κ2) is 6.41. The van der Waals surface area contributed by atoms with E-state index in [9.17, 15) is 13.6 Å². The van der Waals surface area contributed by atoms with Crippen molar-refractivity contribution < 1.29 is 13.6 Å². The van der Waals surface area contributed by atoms with E-state index in [1.54, 1.807) is 12.4 Å². The molecular formula is C15H16F2N2O. The van der Waals surface area contributed by atoms with Crippen LogP contribution >= 0.6 is 0 Å². The van der Waals surface area contributed by atoms with Crippen molar-refractivity contribution in [1.29, 1.82) is 0 Å². The maximum Gasteiger partial charge on any atom is 0.144 e. The molecule has 0 saturated carbocycles. The minimum absolute atomic E-state index is 0.0841. The van der Waals surface area contributed by atoms with E-state index in [4.69, 9.17) is 0 Å². The van der Waals surface area contributed by atoms with Crippen LogP contribution in [0.2, 0.25) is 0 Å². The van der Waals surface area contributed by atoms with Crippen LogP contribution in [0.3, 0.4) is 0 Å². The Bertz CT molecular complexity index is 587. The first-order valence-corrected chi connectivity index (χ1v) is 6.56. The van der Waals surface area contributed by atoms with Gasteiger partial charge in [-0.15, -0.1) is 0 Å². The van der Waals surface area contributed by atoms with E-state index < -0.39 is 11.6 Å². The molecule has 5 heteroatoms. The molecule has 0 N–H and O–H groups in total. The van der Waals surface area contributed by atoms with Gasteiger partial charge in [-0.2, -0.15) is 0 Å². The zero-order valence-electron chi connectivity index (χ0n) is 11.3. The molecule has 2 rings (SSSR count). The SMILES string of the molecule is CCCn1ccnc1CC(=O)Cc1c(F)cccc1F. The normalized spacial score (nSPS) is 10.8. The zero-order chi connectivity index (χ0) is 14.5. The van der Waals surface area contributed by atoms with E-state index in [1.807, 2.05) is 11.5 Å². The highest BCUT2D eigenvalue weighted by molar-refractivity contribution is 5.82. The van der Waals surface area contributed by atoms with E-state index in [2.05, 4.69) is 4.98 Å². The van der Waals surface area contributed by atoms with Gasteiger partial charge in [0.05, 0.1) is 6.42 Å². The van der Waals surface area contributed by atoms with Gasteiger partial charge in [0, 0.05) is 30.9 Å². The average molecular weight is 278 g/mol. The van der Waals surface area contributed by atoms with Crippen LogP contribution in [0.25, 0.3) is 0 Å². The zero-order valence-corrected chi connectivity index (χ0v) is 11.3. The number of nitrogens with zero attached hydrogens (tertiary/aromatic N) is 2. The first-order valence-electron chi connectivity index (χ1n) is 6.56. The van der Waals surface area contributed by atoms with E-state index in [0.29, 0.717) is 5.82 Å². The maximum atomic E-state index is 13.5. The predicted molar refractivity (Wildman–Crippen MR) is 71.3 cm³/mol. The number of halogens is 2. The van der Waals surface area contributed by atoms with Gasteiger partial charge in [-0.1, -0.05) is 13.0 Å². The van der Waals surface area contributed by atoms with Gasteiger partial charge in [0.25, 0.3) is 0 Å². The van der Waals surface area contributed by atoms with Crippen molar-refractivity contribution in [3.63, 3.8) is 0 Å². The Morgan fingerprint density at radius 3 is 2.60 bits per heavy atom. The van der Waals surface area contributed by atoms with Gasteiger partial charge in [0.1, 0.15) is 23.2 Å². The van der Waals surface area contributed by atoms with E-state index in [0.717, 1.165) is 25.1 Å². The molecule has 0 aliphatic heterocycles. The number of carbonyl (C=O) groups excluding carboxylic acids is 1. The number of imidazole rings is 1. The van der Waals surface area contributed by atoms with Gasteiger partial charge < -0.3 is 4.57 Å². The quantitative estimate of drug-likeness (QED) is 0.814. The van der Waals surface area contributed by atoms with Crippen LogP contribution in [0, 0.1) is 11.6 Å². The first kappa shape index (κ1) is 14.4. The number of carbonyl (C=O) groups is 1.